The highest BCUT2D eigenvalue weighted by Gasteiger charge is 2.42. The van der Waals surface area contributed by atoms with Gasteiger partial charge in [0.15, 0.2) is 35.9 Å². The summed E-state index contributed by atoms with van der Waals surface area (Å²) in [5.41, 5.74) is 10.6. The van der Waals surface area contributed by atoms with E-state index in [-0.39, 0.29) is 51.7 Å². The van der Waals surface area contributed by atoms with Crippen LogP contribution in [0.25, 0.3) is 45.2 Å². The number of nitrogens with two attached hydrogens (primary N) is 1. The van der Waals surface area contributed by atoms with Crippen molar-refractivity contribution >= 4 is 73.4 Å². The van der Waals surface area contributed by atoms with E-state index < -0.39 is 29.5 Å². The maximum atomic E-state index is 13.8. The molecule has 4 aliphatic rings. The second kappa shape index (κ2) is 24.1. The number of carbonyl (C=O) groups excluding carboxylic acids is 2. The number of urea groups is 2. The number of amides is 4. The standard InChI is InChI=1S/C30H24F3N5O2.C29H23F3N6O2.2H2S/c1-2-3-5-19-12-21(27-16-34-18-40-27)15-23(13-19)35-29(39)38-24-10-11-37(17-24)26-9-8-25(36-28(26)38)20-6-4-7-22(14-20)30(31,32)33;30-29(31,32)21-5-1-4-19(13-21)24-6-7-25-27(36-24)38(23-8-10-37(25)16-23)28(39)35-22-12-18(3-2-9-33)11-20(14-22)26-15-34-17-40-26;;/h4,6-9,12-16,18,24H,2,10-11,17H2,1H3,(H,35,39);1,4-7,11-15,17,23H,8-10,16,33H2,(H,35,39);2*1H2/t24-;23-;;/m00../s1. The monoisotopic (exact) mass is 1160 g/mol. The molecule has 0 saturated carbocycles. The van der Waals surface area contributed by atoms with Crippen LogP contribution in [0.2, 0.25) is 0 Å². The van der Waals surface area contributed by atoms with E-state index in [2.05, 4.69) is 54.1 Å². The van der Waals surface area contributed by atoms with Crippen molar-refractivity contribution in [2.45, 2.75) is 50.6 Å². The van der Waals surface area contributed by atoms with Crippen LogP contribution >= 0.6 is 27.0 Å². The van der Waals surface area contributed by atoms with Gasteiger partial charge >= 0.3 is 24.4 Å². The topological polar surface area (TPSA) is 175 Å². The van der Waals surface area contributed by atoms with Crippen molar-refractivity contribution in [1.82, 2.24) is 19.9 Å². The second-order valence-corrected chi connectivity index (χ2v) is 19.1. The lowest BCUT2D eigenvalue weighted by molar-refractivity contribution is -0.138. The van der Waals surface area contributed by atoms with Crippen LogP contribution in [0.5, 0.6) is 0 Å². The van der Waals surface area contributed by atoms with Gasteiger partial charge in [0.2, 0.25) is 0 Å². The molecule has 4 bridgehead atoms. The van der Waals surface area contributed by atoms with E-state index in [9.17, 15) is 35.9 Å². The van der Waals surface area contributed by atoms with E-state index in [1.54, 1.807) is 70.7 Å². The molecule has 2 fully saturated rings. The fourth-order valence-corrected chi connectivity index (χ4v) is 10.2. The number of benzene rings is 4. The van der Waals surface area contributed by atoms with Gasteiger partial charge in [-0.1, -0.05) is 54.9 Å². The first-order valence-electron chi connectivity index (χ1n) is 25.4. The van der Waals surface area contributed by atoms with E-state index in [1.165, 1.54) is 24.9 Å². The van der Waals surface area contributed by atoms with Crippen molar-refractivity contribution in [3.05, 3.63) is 157 Å². The van der Waals surface area contributed by atoms with E-state index in [4.69, 9.17) is 24.5 Å². The van der Waals surface area contributed by atoms with E-state index in [1.807, 2.05) is 31.2 Å². The van der Waals surface area contributed by atoms with Gasteiger partial charge in [0.1, 0.15) is 0 Å². The fourth-order valence-electron chi connectivity index (χ4n) is 10.2. The molecular weight excluding hydrogens is 1100 g/mol. The Balaban J connectivity index is 0.000000193. The predicted molar refractivity (Wildman–Crippen MR) is 311 cm³/mol. The highest BCUT2D eigenvalue weighted by Crippen LogP contribution is 2.43. The Kier molecular flexibility index (Phi) is 16.9. The number of alkyl halides is 6. The molecule has 8 heterocycles. The molecule has 4 N–H and O–H groups in total. The summed E-state index contributed by atoms with van der Waals surface area (Å²) in [6, 6.07) is 26.7. The van der Waals surface area contributed by atoms with Crippen LogP contribution in [0, 0.1) is 23.7 Å². The van der Waals surface area contributed by atoms with Crippen molar-refractivity contribution in [2.24, 2.45) is 5.73 Å². The van der Waals surface area contributed by atoms with Crippen LogP contribution in [0.3, 0.4) is 0 Å². The minimum atomic E-state index is -4.48. The number of hydrogen-bond acceptors (Lipinski definition) is 11. The first-order valence-corrected chi connectivity index (χ1v) is 25.4. The number of carbonyl (C=O) groups is 2. The molecule has 4 amide bonds. The summed E-state index contributed by atoms with van der Waals surface area (Å²) < 4.78 is 91.0. The second-order valence-electron chi connectivity index (χ2n) is 19.1. The van der Waals surface area contributed by atoms with Crippen molar-refractivity contribution < 1.29 is 44.8 Å². The van der Waals surface area contributed by atoms with Gasteiger partial charge in [0, 0.05) is 77.4 Å². The Morgan fingerprint density at radius 1 is 0.610 bits per heavy atom. The van der Waals surface area contributed by atoms with Crippen LogP contribution in [0.1, 0.15) is 48.4 Å². The molecule has 15 nitrogen and oxygen atoms in total. The molecule has 0 radical (unpaired) electrons. The first kappa shape index (κ1) is 57.8. The molecule has 420 valence electrons. The number of hydrogen-bond donors (Lipinski definition) is 3. The molecule has 12 rings (SSSR count). The fraction of sp³-hybridized carbons (Fsp3) is 0.220. The molecule has 0 unspecified atom stereocenters. The summed E-state index contributed by atoms with van der Waals surface area (Å²) >= 11 is 0. The minimum absolute atomic E-state index is 0. The van der Waals surface area contributed by atoms with Gasteiger partial charge in [0.05, 0.1) is 64.9 Å². The zero-order valence-corrected chi connectivity index (χ0v) is 45.6. The summed E-state index contributed by atoms with van der Waals surface area (Å²) in [5.74, 6) is 13.8. The average molecular weight is 1160 g/mol. The summed E-state index contributed by atoms with van der Waals surface area (Å²) in [6.45, 7) is 4.91. The molecule has 0 spiro atoms. The number of oxazole rings is 2. The summed E-state index contributed by atoms with van der Waals surface area (Å²) in [4.78, 5) is 52.5. The quantitative estimate of drug-likeness (QED) is 0.107. The zero-order valence-electron chi connectivity index (χ0n) is 43.6. The third kappa shape index (κ3) is 12.2. The maximum Gasteiger partial charge on any atom is 0.416 e. The average Bonchev–Trinajstić information content (AvgIpc) is 4.52. The van der Waals surface area contributed by atoms with Gasteiger partial charge < -0.3 is 35.0 Å². The van der Waals surface area contributed by atoms with Gasteiger partial charge in [-0.2, -0.15) is 53.3 Å². The first-order chi connectivity index (χ1) is 38.6. The van der Waals surface area contributed by atoms with Gasteiger partial charge in [-0.05, 0) is 97.8 Å². The lowest BCUT2D eigenvalue weighted by Gasteiger charge is -2.36. The number of rotatable bonds is 6. The molecule has 8 aromatic rings. The van der Waals surface area contributed by atoms with E-state index >= 15 is 0 Å². The molecule has 2 saturated heterocycles. The van der Waals surface area contributed by atoms with E-state index in [0.717, 1.165) is 61.6 Å². The highest BCUT2D eigenvalue weighted by atomic mass is 32.1. The van der Waals surface area contributed by atoms with Crippen LogP contribution in [0.4, 0.5) is 70.3 Å². The van der Waals surface area contributed by atoms with Crippen molar-refractivity contribution in [2.75, 3.05) is 63.0 Å². The highest BCUT2D eigenvalue weighted by molar-refractivity contribution is 7.59. The summed E-state index contributed by atoms with van der Waals surface area (Å²) in [5, 5.41) is 5.95. The van der Waals surface area contributed by atoms with Crippen LogP contribution in [-0.2, 0) is 12.4 Å². The van der Waals surface area contributed by atoms with Crippen LogP contribution in [-0.4, -0.2) is 76.8 Å². The molecular formula is C59H51F6N11O4S2. The van der Waals surface area contributed by atoms with Gasteiger partial charge in [0.25, 0.3) is 0 Å². The molecule has 4 aromatic carbocycles. The maximum absolute atomic E-state index is 13.8. The number of pyridine rings is 2. The lowest BCUT2D eigenvalue weighted by Crippen LogP contribution is -2.48. The third-order valence-corrected chi connectivity index (χ3v) is 13.9. The summed E-state index contributed by atoms with van der Waals surface area (Å²) in [7, 11) is 0. The minimum Gasteiger partial charge on any atom is -0.444 e. The number of fused-ring (bicyclic) bond motifs is 8. The largest absolute Gasteiger partial charge is 0.444 e. The number of nitrogens with zero attached hydrogens (tertiary/aromatic N) is 8. The van der Waals surface area contributed by atoms with Crippen molar-refractivity contribution in [1.29, 1.82) is 0 Å². The Morgan fingerprint density at radius 2 is 1.06 bits per heavy atom. The van der Waals surface area contributed by atoms with Gasteiger partial charge in [-0.3, -0.25) is 9.80 Å². The molecule has 23 heteroatoms. The molecule has 2 atom stereocenters. The van der Waals surface area contributed by atoms with E-state index in [0.29, 0.717) is 98.8 Å². The van der Waals surface area contributed by atoms with Crippen molar-refractivity contribution in [3.8, 4) is 68.8 Å². The molecule has 4 aliphatic heterocycles. The Bertz CT molecular complexity index is 3540. The smallest absolute Gasteiger partial charge is 0.416 e. The Labute approximate surface area is 480 Å². The number of halogens is 6. The lowest BCUT2D eigenvalue weighted by atomic mass is 10.1. The number of nitrogens with one attached hydrogen (secondary N) is 2. The normalized spacial score (nSPS) is 15.5. The van der Waals surface area contributed by atoms with Crippen molar-refractivity contribution in [3.63, 3.8) is 0 Å². The number of aromatic nitrogens is 4. The number of anilines is 6. The van der Waals surface area contributed by atoms with Crippen LogP contribution in [0.15, 0.2) is 143 Å². The van der Waals surface area contributed by atoms with Gasteiger partial charge in [-0.15, -0.1) is 0 Å². The molecule has 4 aromatic heterocycles. The Hall–Kier alpha value is -8.90. The van der Waals surface area contributed by atoms with Gasteiger partial charge in [-0.25, -0.2) is 29.5 Å². The zero-order chi connectivity index (χ0) is 55.7. The molecule has 82 heavy (non-hydrogen) atoms. The predicted octanol–water partition coefficient (Wildman–Crippen LogP) is 12.4. The summed E-state index contributed by atoms with van der Waals surface area (Å²) in [6.07, 6.45) is -0.993. The Morgan fingerprint density at radius 3 is 1.46 bits per heavy atom. The SMILES string of the molecule is CCC#Cc1cc(NC(=O)N2c3nc(-c4cccc(C(F)(F)F)c4)ccc3N3CC[C@H]2C3)cc(-c2cnco2)c1.NCC#Cc1cc(NC(=O)N2c3nc(-c4cccc(C(F)(F)F)c4)ccc3N3CC[C@H]2C3)cc(-c2cnco2)c1.S.S. The molecule has 0 aliphatic carbocycles. The third-order valence-electron chi connectivity index (χ3n) is 13.9. The van der Waals surface area contributed by atoms with Crippen LogP contribution < -0.4 is 36.0 Å².